The van der Waals surface area contributed by atoms with Gasteiger partial charge in [0.25, 0.3) is 5.91 Å². The summed E-state index contributed by atoms with van der Waals surface area (Å²) in [6.07, 6.45) is 0. The molecule has 0 spiro atoms. The van der Waals surface area contributed by atoms with Crippen LogP contribution in [0.1, 0.15) is 42.3 Å². The molecule has 0 unspecified atom stereocenters. The Morgan fingerprint density at radius 2 is 1.58 bits per heavy atom. The van der Waals surface area contributed by atoms with Gasteiger partial charge in [-0.25, -0.2) is 0 Å². The zero-order valence-corrected chi connectivity index (χ0v) is 15.7. The lowest BCUT2D eigenvalue weighted by Gasteiger charge is -2.38. The van der Waals surface area contributed by atoms with Gasteiger partial charge in [-0.1, -0.05) is 39.0 Å². The Kier molecular flexibility index (Phi) is 4.99. The number of carbonyl (C=O) groups is 1. The number of amides is 1. The number of hydrogen-bond donors (Lipinski definition) is 0. The molecule has 134 valence electrons. The fraction of sp³-hybridized carbons (Fsp3) is 0.364. The number of carbonyl (C=O) groups excluding carboxylic acids is 1. The normalized spacial score (nSPS) is 14.8. The third-order valence-corrected chi connectivity index (χ3v) is 4.88. The molecular weight excluding hydrogens is 322 g/mol. The van der Waals surface area contributed by atoms with Crippen LogP contribution in [0.3, 0.4) is 0 Å². The molecule has 3 rings (SSSR count). The summed E-state index contributed by atoms with van der Waals surface area (Å²) in [6.45, 7) is 9.77. The van der Waals surface area contributed by atoms with Gasteiger partial charge in [0.2, 0.25) is 0 Å². The summed E-state index contributed by atoms with van der Waals surface area (Å²) in [7, 11) is 0. The summed E-state index contributed by atoms with van der Waals surface area (Å²) in [4.78, 5) is 17.0. The maximum absolute atomic E-state index is 12.7. The molecule has 2 aromatic rings. The maximum atomic E-state index is 12.7. The number of para-hydroxylation sites is 1. The number of piperazine rings is 1. The van der Waals surface area contributed by atoms with Gasteiger partial charge in [0, 0.05) is 37.4 Å². The molecule has 0 aromatic heterocycles. The van der Waals surface area contributed by atoms with E-state index in [1.165, 1.54) is 11.3 Å². The quantitative estimate of drug-likeness (QED) is 0.830. The van der Waals surface area contributed by atoms with Crippen molar-refractivity contribution in [2.75, 3.05) is 31.1 Å². The highest BCUT2D eigenvalue weighted by molar-refractivity contribution is 5.94. The third kappa shape index (κ3) is 3.72. The van der Waals surface area contributed by atoms with E-state index in [4.69, 9.17) is 5.26 Å². The second-order valence-corrected chi connectivity index (χ2v) is 7.74. The predicted molar refractivity (Wildman–Crippen MR) is 104 cm³/mol. The van der Waals surface area contributed by atoms with Crippen molar-refractivity contribution in [3.05, 3.63) is 65.2 Å². The summed E-state index contributed by atoms with van der Waals surface area (Å²) in [6, 6.07) is 17.5. The minimum absolute atomic E-state index is 0.0400. The molecule has 1 heterocycles. The maximum Gasteiger partial charge on any atom is 0.253 e. The second-order valence-electron chi connectivity index (χ2n) is 7.74. The first-order valence-corrected chi connectivity index (χ1v) is 9.04. The standard InChI is InChI=1S/C22H25N3O/c1-22(2,3)19-6-4-5-7-20(19)24-12-14-25(15-13-24)21(26)18-10-8-17(16-23)9-11-18/h4-11H,12-15H2,1-3H3. The smallest absolute Gasteiger partial charge is 0.253 e. The Morgan fingerprint density at radius 3 is 2.15 bits per heavy atom. The van der Waals surface area contributed by atoms with Crippen molar-refractivity contribution in [3.8, 4) is 6.07 Å². The molecule has 0 atom stereocenters. The molecule has 0 radical (unpaired) electrons. The molecule has 4 nitrogen and oxygen atoms in total. The van der Waals surface area contributed by atoms with Crippen LogP contribution in [0.2, 0.25) is 0 Å². The Bertz CT molecular complexity index is 820. The molecule has 0 aliphatic carbocycles. The minimum Gasteiger partial charge on any atom is -0.368 e. The zero-order valence-electron chi connectivity index (χ0n) is 15.7. The van der Waals surface area contributed by atoms with Gasteiger partial charge in [-0.05, 0) is 41.3 Å². The molecular formula is C22H25N3O. The van der Waals surface area contributed by atoms with Crippen LogP contribution in [-0.4, -0.2) is 37.0 Å². The summed E-state index contributed by atoms with van der Waals surface area (Å²) in [5.74, 6) is 0.0400. The summed E-state index contributed by atoms with van der Waals surface area (Å²) >= 11 is 0. The van der Waals surface area contributed by atoms with Crippen LogP contribution in [0.4, 0.5) is 5.69 Å². The van der Waals surface area contributed by atoms with Crippen molar-refractivity contribution in [1.82, 2.24) is 4.90 Å². The SMILES string of the molecule is CC(C)(C)c1ccccc1N1CCN(C(=O)c2ccc(C#N)cc2)CC1. The Morgan fingerprint density at radius 1 is 0.962 bits per heavy atom. The van der Waals surface area contributed by atoms with Crippen LogP contribution < -0.4 is 4.90 Å². The number of anilines is 1. The van der Waals surface area contributed by atoms with Crippen LogP contribution in [0.25, 0.3) is 0 Å². The van der Waals surface area contributed by atoms with Crippen molar-refractivity contribution in [1.29, 1.82) is 5.26 Å². The van der Waals surface area contributed by atoms with E-state index in [2.05, 4.69) is 56.0 Å². The van der Waals surface area contributed by atoms with Crippen molar-refractivity contribution < 1.29 is 4.79 Å². The fourth-order valence-corrected chi connectivity index (χ4v) is 3.40. The Balaban J connectivity index is 1.70. The lowest BCUT2D eigenvalue weighted by molar-refractivity contribution is 0.0746. The average molecular weight is 347 g/mol. The Hall–Kier alpha value is -2.80. The van der Waals surface area contributed by atoms with E-state index in [0.29, 0.717) is 24.2 Å². The van der Waals surface area contributed by atoms with Crippen molar-refractivity contribution in [2.45, 2.75) is 26.2 Å². The van der Waals surface area contributed by atoms with Crippen LogP contribution in [0.15, 0.2) is 48.5 Å². The van der Waals surface area contributed by atoms with E-state index in [9.17, 15) is 4.79 Å². The topological polar surface area (TPSA) is 47.3 Å². The molecule has 2 aromatic carbocycles. The average Bonchev–Trinajstić information content (AvgIpc) is 2.67. The monoisotopic (exact) mass is 347 g/mol. The van der Waals surface area contributed by atoms with E-state index in [0.717, 1.165) is 13.1 Å². The first kappa shape index (κ1) is 18.0. The van der Waals surface area contributed by atoms with Gasteiger partial charge in [-0.3, -0.25) is 4.79 Å². The molecule has 1 fully saturated rings. The zero-order chi connectivity index (χ0) is 18.7. The number of nitriles is 1. The van der Waals surface area contributed by atoms with Crippen molar-refractivity contribution in [3.63, 3.8) is 0 Å². The number of benzene rings is 2. The van der Waals surface area contributed by atoms with E-state index in [-0.39, 0.29) is 11.3 Å². The number of hydrogen-bond acceptors (Lipinski definition) is 3. The van der Waals surface area contributed by atoms with Crippen LogP contribution in [0.5, 0.6) is 0 Å². The molecule has 1 saturated heterocycles. The van der Waals surface area contributed by atoms with Gasteiger partial charge < -0.3 is 9.80 Å². The Labute approximate surface area is 155 Å². The molecule has 26 heavy (non-hydrogen) atoms. The van der Waals surface area contributed by atoms with E-state index in [1.807, 2.05) is 4.90 Å². The fourth-order valence-electron chi connectivity index (χ4n) is 3.40. The van der Waals surface area contributed by atoms with Gasteiger partial charge in [-0.15, -0.1) is 0 Å². The van der Waals surface area contributed by atoms with Gasteiger partial charge in [0.1, 0.15) is 0 Å². The lowest BCUT2D eigenvalue weighted by Crippen LogP contribution is -2.49. The number of rotatable bonds is 2. The lowest BCUT2D eigenvalue weighted by atomic mass is 9.85. The van der Waals surface area contributed by atoms with Crippen molar-refractivity contribution >= 4 is 11.6 Å². The summed E-state index contributed by atoms with van der Waals surface area (Å²) < 4.78 is 0. The van der Waals surface area contributed by atoms with Crippen LogP contribution in [-0.2, 0) is 5.41 Å². The van der Waals surface area contributed by atoms with Crippen molar-refractivity contribution in [2.24, 2.45) is 0 Å². The third-order valence-electron chi connectivity index (χ3n) is 4.88. The second kappa shape index (κ2) is 7.21. The highest BCUT2D eigenvalue weighted by Gasteiger charge is 2.26. The van der Waals surface area contributed by atoms with E-state index < -0.39 is 0 Å². The van der Waals surface area contributed by atoms with Crippen LogP contribution >= 0.6 is 0 Å². The highest BCUT2D eigenvalue weighted by Crippen LogP contribution is 2.32. The molecule has 0 N–H and O–H groups in total. The number of nitrogens with zero attached hydrogens (tertiary/aromatic N) is 3. The molecule has 0 bridgehead atoms. The largest absolute Gasteiger partial charge is 0.368 e. The summed E-state index contributed by atoms with van der Waals surface area (Å²) in [5.41, 5.74) is 3.92. The van der Waals surface area contributed by atoms with Gasteiger partial charge in [0.05, 0.1) is 11.6 Å². The molecule has 1 aliphatic heterocycles. The molecule has 1 amide bonds. The van der Waals surface area contributed by atoms with Gasteiger partial charge in [0.15, 0.2) is 0 Å². The predicted octanol–water partition coefficient (Wildman–Crippen LogP) is 3.82. The van der Waals surface area contributed by atoms with Gasteiger partial charge >= 0.3 is 0 Å². The van der Waals surface area contributed by atoms with Gasteiger partial charge in [-0.2, -0.15) is 5.26 Å². The molecule has 0 saturated carbocycles. The first-order valence-electron chi connectivity index (χ1n) is 9.04. The van der Waals surface area contributed by atoms with E-state index in [1.54, 1.807) is 24.3 Å². The van der Waals surface area contributed by atoms with Crippen LogP contribution in [0, 0.1) is 11.3 Å². The first-order chi connectivity index (χ1) is 12.4. The molecule has 4 heteroatoms. The highest BCUT2D eigenvalue weighted by atomic mass is 16.2. The molecule has 1 aliphatic rings. The summed E-state index contributed by atoms with van der Waals surface area (Å²) in [5, 5.41) is 8.88. The van der Waals surface area contributed by atoms with E-state index >= 15 is 0 Å². The minimum atomic E-state index is 0.0400.